The van der Waals surface area contributed by atoms with Crippen LogP contribution in [0.3, 0.4) is 0 Å². The third-order valence-electron chi connectivity index (χ3n) is 6.80. The first-order valence-electron chi connectivity index (χ1n) is 12.1. The molecule has 4 heterocycles. The van der Waals surface area contributed by atoms with E-state index in [2.05, 4.69) is 9.97 Å². The standard InChI is InChI=1S/C24H27F2N7O4/c25-17-9-15(33-13-16(11-27)37-24(33)36)10-18(26)23(17)31-7-5-30(6-8-31)22(35)2-1-20(34)19-14-32-4-3-28-12-21(32)29-19/h3-4,9,12,14,16,18H,1-2,5-8,10-11,13,27H2. The Hall–Kier alpha value is -3.87. The second kappa shape index (κ2) is 10.2. The number of piperazine rings is 1. The summed E-state index contributed by atoms with van der Waals surface area (Å²) in [5.41, 5.74) is 6.49. The van der Waals surface area contributed by atoms with Gasteiger partial charge in [-0.05, 0) is 6.08 Å². The minimum Gasteiger partial charge on any atom is -0.443 e. The predicted octanol–water partition coefficient (Wildman–Crippen LogP) is 1.42. The quantitative estimate of drug-likeness (QED) is 0.549. The molecule has 2 aromatic rings. The number of amides is 2. The number of hydrogen-bond donors (Lipinski definition) is 1. The maximum absolute atomic E-state index is 15.1. The van der Waals surface area contributed by atoms with Crippen LogP contribution in [-0.2, 0) is 9.53 Å². The Morgan fingerprint density at radius 1 is 1.19 bits per heavy atom. The van der Waals surface area contributed by atoms with Gasteiger partial charge in [-0.25, -0.2) is 18.6 Å². The zero-order valence-electron chi connectivity index (χ0n) is 20.1. The van der Waals surface area contributed by atoms with E-state index in [0.717, 1.165) is 0 Å². The fourth-order valence-corrected chi connectivity index (χ4v) is 4.81. The molecule has 2 fully saturated rings. The zero-order valence-corrected chi connectivity index (χ0v) is 20.1. The second-order valence-corrected chi connectivity index (χ2v) is 9.15. The van der Waals surface area contributed by atoms with Crippen LogP contribution in [0.4, 0.5) is 13.6 Å². The van der Waals surface area contributed by atoms with Crippen LogP contribution in [0.1, 0.15) is 29.8 Å². The van der Waals surface area contributed by atoms with Crippen LogP contribution < -0.4 is 5.73 Å². The van der Waals surface area contributed by atoms with Crippen molar-refractivity contribution in [2.45, 2.75) is 31.5 Å². The highest BCUT2D eigenvalue weighted by atomic mass is 19.1. The molecule has 0 saturated carbocycles. The van der Waals surface area contributed by atoms with Crippen LogP contribution in [0.2, 0.25) is 0 Å². The summed E-state index contributed by atoms with van der Waals surface area (Å²) in [6.07, 6.45) is 4.67. The lowest BCUT2D eigenvalue weighted by Crippen LogP contribution is -2.49. The molecule has 11 nitrogen and oxygen atoms in total. The van der Waals surface area contributed by atoms with Crippen molar-refractivity contribution in [3.8, 4) is 0 Å². The molecule has 196 valence electrons. The number of carbonyl (C=O) groups is 3. The lowest BCUT2D eigenvalue weighted by molar-refractivity contribution is -0.132. The monoisotopic (exact) mass is 515 g/mol. The fourth-order valence-electron chi connectivity index (χ4n) is 4.81. The molecule has 2 unspecified atom stereocenters. The van der Waals surface area contributed by atoms with Crippen LogP contribution in [0, 0.1) is 0 Å². The number of hydrogen-bond acceptors (Lipinski definition) is 8. The summed E-state index contributed by atoms with van der Waals surface area (Å²) in [5, 5.41) is 0. The SMILES string of the molecule is NCC1CN(C2=CC(F)=C(N3CCN(C(=O)CCC(=O)c4cn5ccncc5n4)CC3)C(F)C2)C(=O)O1. The third kappa shape index (κ3) is 5.03. The topological polar surface area (TPSA) is 126 Å². The average molecular weight is 516 g/mol. The van der Waals surface area contributed by atoms with Gasteiger partial charge in [0.05, 0.1) is 18.4 Å². The zero-order chi connectivity index (χ0) is 26.1. The number of cyclic esters (lactones) is 1. The van der Waals surface area contributed by atoms with Gasteiger partial charge < -0.3 is 24.7 Å². The third-order valence-corrected chi connectivity index (χ3v) is 6.80. The van der Waals surface area contributed by atoms with E-state index in [1.54, 1.807) is 39.0 Å². The van der Waals surface area contributed by atoms with E-state index in [-0.39, 0.29) is 87.3 Å². The van der Waals surface area contributed by atoms with E-state index in [9.17, 15) is 18.8 Å². The van der Waals surface area contributed by atoms with Gasteiger partial charge in [-0.1, -0.05) is 0 Å². The number of nitrogens with zero attached hydrogens (tertiary/aromatic N) is 6. The highest BCUT2D eigenvalue weighted by molar-refractivity contribution is 5.96. The van der Waals surface area contributed by atoms with Gasteiger partial charge in [-0.3, -0.25) is 19.5 Å². The van der Waals surface area contributed by atoms with Gasteiger partial charge >= 0.3 is 6.09 Å². The largest absolute Gasteiger partial charge is 0.443 e. The van der Waals surface area contributed by atoms with Crippen LogP contribution in [0.25, 0.3) is 5.65 Å². The number of allylic oxidation sites excluding steroid dienone is 4. The van der Waals surface area contributed by atoms with Gasteiger partial charge in [-0.15, -0.1) is 0 Å². The first-order valence-corrected chi connectivity index (χ1v) is 12.1. The van der Waals surface area contributed by atoms with Crippen molar-refractivity contribution >= 4 is 23.4 Å². The smallest absolute Gasteiger partial charge is 0.414 e. The predicted molar refractivity (Wildman–Crippen MR) is 126 cm³/mol. The summed E-state index contributed by atoms with van der Waals surface area (Å²) in [4.78, 5) is 49.8. The normalized spacial score (nSPS) is 22.5. The van der Waals surface area contributed by atoms with Gasteiger partial charge in [0, 0.05) is 76.3 Å². The van der Waals surface area contributed by atoms with Crippen molar-refractivity contribution in [1.29, 1.82) is 0 Å². The number of halogens is 2. The molecule has 0 bridgehead atoms. The highest BCUT2D eigenvalue weighted by Gasteiger charge is 2.38. The number of Topliss-reactive ketones (excluding diaryl/α,β-unsaturated/α-hetero) is 1. The van der Waals surface area contributed by atoms with E-state index in [4.69, 9.17) is 10.5 Å². The summed E-state index contributed by atoms with van der Waals surface area (Å²) in [7, 11) is 0. The average Bonchev–Trinajstić information content (AvgIpc) is 3.50. The Bertz CT molecular complexity index is 1250. The number of ketones is 1. The van der Waals surface area contributed by atoms with E-state index >= 15 is 4.39 Å². The lowest BCUT2D eigenvalue weighted by Gasteiger charge is -2.39. The molecule has 37 heavy (non-hydrogen) atoms. The molecule has 2 N–H and O–H groups in total. The molecule has 3 aliphatic rings. The number of rotatable bonds is 7. The number of ether oxygens (including phenoxy) is 1. The summed E-state index contributed by atoms with van der Waals surface area (Å²) < 4.78 is 36.8. The number of alkyl halides is 1. The minimum atomic E-state index is -1.63. The number of nitrogens with two attached hydrogens (primary N) is 1. The highest BCUT2D eigenvalue weighted by Crippen LogP contribution is 2.34. The van der Waals surface area contributed by atoms with Gasteiger partial charge in [0.25, 0.3) is 0 Å². The minimum absolute atomic E-state index is 0.0141. The number of imidazole rings is 1. The Kier molecular flexibility index (Phi) is 6.87. The number of carbonyl (C=O) groups excluding carboxylic acids is 3. The van der Waals surface area contributed by atoms with E-state index in [1.165, 1.54) is 11.0 Å². The van der Waals surface area contributed by atoms with Gasteiger partial charge in [-0.2, -0.15) is 0 Å². The van der Waals surface area contributed by atoms with Crippen molar-refractivity contribution in [2.75, 3.05) is 39.3 Å². The first-order chi connectivity index (χ1) is 17.8. The van der Waals surface area contributed by atoms with Crippen LogP contribution in [0.15, 0.2) is 48.1 Å². The maximum Gasteiger partial charge on any atom is 0.414 e. The summed E-state index contributed by atoms with van der Waals surface area (Å²) >= 11 is 0. The summed E-state index contributed by atoms with van der Waals surface area (Å²) in [6, 6.07) is 0. The molecule has 2 atom stereocenters. The van der Waals surface area contributed by atoms with Crippen molar-refractivity contribution in [3.05, 3.63) is 53.8 Å². The molecule has 0 radical (unpaired) electrons. The Labute approximate surface area is 211 Å². The van der Waals surface area contributed by atoms with Crippen molar-refractivity contribution in [2.24, 2.45) is 5.73 Å². The van der Waals surface area contributed by atoms with Crippen LogP contribution >= 0.6 is 0 Å². The van der Waals surface area contributed by atoms with Crippen molar-refractivity contribution in [1.82, 2.24) is 29.1 Å². The second-order valence-electron chi connectivity index (χ2n) is 9.15. The van der Waals surface area contributed by atoms with E-state index < -0.39 is 24.2 Å². The van der Waals surface area contributed by atoms with Gasteiger partial charge in [0.2, 0.25) is 5.91 Å². The molecule has 2 amide bonds. The van der Waals surface area contributed by atoms with Gasteiger partial charge in [0.1, 0.15) is 23.8 Å². The van der Waals surface area contributed by atoms with Gasteiger partial charge in [0.15, 0.2) is 11.4 Å². The first kappa shape index (κ1) is 24.8. The molecule has 0 aromatic carbocycles. The number of aromatic nitrogens is 3. The molecule has 2 aliphatic heterocycles. The fraction of sp³-hybridized carbons (Fsp3) is 0.458. The van der Waals surface area contributed by atoms with E-state index in [1.807, 2.05) is 0 Å². The molecule has 0 spiro atoms. The van der Waals surface area contributed by atoms with Crippen LogP contribution in [-0.4, -0.2) is 98.4 Å². The molecule has 13 heteroatoms. The summed E-state index contributed by atoms with van der Waals surface area (Å²) in [5.74, 6) is -1.18. The molecule has 1 aliphatic carbocycles. The molecular weight excluding hydrogens is 488 g/mol. The Morgan fingerprint density at radius 3 is 2.65 bits per heavy atom. The Morgan fingerprint density at radius 2 is 1.97 bits per heavy atom. The number of fused-ring (bicyclic) bond motifs is 1. The molecule has 2 saturated heterocycles. The van der Waals surface area contributed by atoms with Crippen LogP contribution in [0.5, 0.6) is 0 Å². The molecule has 5 rings (SSSR count). The van der Waals surface area contributed by atoms with Crippen molar-refractivity contribution < 1.29 is 27.9 Å². The van der Waals surface area contributed by atoms with Crippen molar-refractivity contribution in [3.63, 3.8) is 0 Å². The maximum atomic E-state index is 15.1. The molecule has 2 aromatic heterocycles. The van der Waals surface area contributed by atoms with E-state index in [0.29, 0.717) is 5.65 Å². The lowest BCUT2D eigenvalue weighted by atomic mass is 10.0. The Balaban J connectivity index is 1.15. The summed E-state index contributed by atoms with van der Waals surface area (Å²) in [6.45, 7) is 1.37. The molecular formula is C24H27F2N7O4.